The SMILES string of the molecule is Cc1cc([N+](=O)[O-])cn(CC(=O)OCCCc2ccccc2)c1=O. The molecule has 0 aliphatic heterocycles. The Kier molecular flexibility index (Phi) is 5.83. The minimum absolute atomic E-state index is 0.209. The molecule has 0 aliphatic rings. The van der Waals surface area contributed by atoms with E-state index >= 15 is 0 Å². The van der Waals surface area contributed by atoms with E-state index in [9.17, 15) is 19.7 Å². The molecule has 0 N–H and O–H groups in total. The van der Waals surface area contributed by atoms with Gasteiger partial charge < -0.3 is 4.74 Å². The molecule has 0 spiro atoms. The van der Waals surface area contributed by atoms with E-state index in [2.05, 4.69) is 0 Å². The first-order valence-electron chi connectivity index (χ1n) is 7.52. The summed E-state index contributed by atoms with van der Waals surface area (Å²) in [5.74, 6) is -0.593. The Morgan fingerprint density at radius 2 is 2.00 bits per heavy atom. The number of pyridine rings is 1. The van der Waals surface area contributed by atoms with E-state index in [4.69, 9.17) is 4.74 Å². The summed E-state index contributed by atoms with van der Waals surface area (Å²) in [6.45, 7) is 1.36. The van der Waals surface area contributed by atoms with Crippen LogP contribution in [0.25, 0.3) is 0 Å². The molecule has 7 heteroatoms. The number of carbonyl (C=O) groups is 1. The van der Waals surface area contributed by atoms with Gasteiger partial charge in [-0.15, -0.1) is 0 Å². The van der Waals surface area contributed by atoms with E-state index in [0.29, 0.717) is 6.42 Å². The molecule has 1 heterocycles. The number of nitro groups is 1. The zero-order valence-corrected chi connectivity index (χ0v) is 13.3. The van der Waals surface area contributed by atoms with Gasteiger partial charge in [0, 0.05) is 11.6 Å². The monoisotopic (exact) mass is 330 g/mol. The van der Waals surface area contributed by atoms with Crippen molar-refractivity contribution in [1.29, 1.82) is 0 Å². The molecule has 24 heavy (non-hydrogen) atoms. The number of rotatable bonds is 7. The molecule has 2 aromatic rings. The van der Waals surface area contributed by atoms with Crippen LogP contribution in [0.5, 0.6) is 0 Å². The first-order chi connectivity index (χ1) is 11.5. The third-order valence-electron chi connectivity index (χ3n) is 3.48. The second-order valence-corrected chi connectivity index (χ2v) is 5.38. The minimum atomic E-state index is -0.603. The van der Waals surface area contributed by atoms with Crippen LogP contribution in [0, 0.1) is 17.0 Å². The Hall–Kier alpha value is -2.96. The fourth-order valence-corrected chi connectivity index (χ4v) is 2.27. The van der Waals surface area contributed by atoms with Crippen molar-refractivity contribution in [2.24, 2.45) is 0 Å². The molecule has 0 radical (unpaired) electrons. The van der Waals surface area contributed by atoms with Crippen molar-refractivity contribution < 1.29 is 14.5 Å². The lowest BCUT2D eigenvalue weighted by atomic mass is 10.1. The molecule has 0 saturated carbocycles. The van der Waals surface area contributed by atoms with E-state index in [1.807, 2.05) is 30.3 Å². The van der Waals surface area contributed by atoms with Crippen LogP contribution >= 0.6 is 0 Å². The van der Waals surface area contributed by atoms with Crippen molar-refractivity contribution in [3.63, 3.8) is 0 Å². The Balaban J connectivity index is 1.88. The summed E-state index contributed by atoms with van der Waals surface area (Å²) < 4.78 is 6.10. The molecule has 1 aromatic carbocycles. The zero-order chi connectivity index (χ0) is 17.5. The molecule has 0 aliphatic carbocycles. The van der Waals surface area contributed by atoms with Crippen LogP contribution < -0.4 is 5.56 Å². The number of aromatic nitrogens is 1. The second kappa shape index (κ2) is 8.05. The standard InChI is InChI=1S/C17H18N2O5/c1-13-10-15(19(22)23)11-18(17(13)21)12-16(20)24-9-5-8-14-6-3-2-4-7-14/h2-4,6-7,10-11H,5,8-9,12H2,1H3. The van der Waals surface area contributed by atoms with Crippen LogP contribution in [0.1, 0.15) is 17.5 Å². The van der Waals surface area contributed by atoms with E-state index in [0.717, 1.165) is 22.7 Å². The fraction of sp³-hybridized carbons (Fsp3) is 0.294. The predicted molar refractivity (Wildman–Crippen MR) is 87.8 cm³/mol. The average molecular weight is 330 g/mol. The van der Waals surface area contributed by atoms with Gasteiger partial charge in [0.2, 0.25) is 0 Å². The molecule has 2 rings (SSSR count). The molecule has 0 amide bonds. The smallest absolute Gasteiger partial charge is 0.326 e. The molecule has 1 aromatic heterocycles. The highest BCUT2D eigenvalue weighted by molar-refractivity contribution is 5.69. The maximum absolute atomic E-state index is 11.9. The molecule has 0 fully saturated rings. The van der Waals surface area contributed by atoms with Crippen molar-refractivity contribution in [1.82, 2.24) is 4.57 Å². The van der Waals surface area contributed by atoms with E-state index in [1.165, 1.54) is 13.0 Å². The maximum atomic E-state index is 11.9. The van der Waals surface area contributed by atoms with Gasteiger partial charge in [0.05, 0.1) is 17.7 Å². The highest BCUT2D eigenvalue weighted by Crippen LogP contribution is 2.09. The summed E-state index contributed by atoms with van der Waals surface area (Å²) in [5, 5.41) is 10.8. The van der Waals surface area contributed by atoms with Crippen LogP contribution in [-0.2, 0) is 22.5 Å². The maximum Gasteiger partial charge on any atom is 0.326 e. The van der Waals surface area contributed by atoms with Gasteiger partial charge in [-0.2, -0.15) is 0 Å². The highest BCUT2D eigenvalue weighted by Gasteiger charge is 2.14. The van der Waals surface area contributed by atoms with Gasteiger partial charge in [-0.1, -0.05) is 30.3 Å². The summed E-state index contributed by atoms with van der Waals surface area (Å²) in [4.78, 5) is 34.0. The molecule has 126 valence electrons. The molecule has 0 atom stereocenters. The summed E-state index contributed by atoms with van der Waals surface area (Å²) in [7, 11) is 0. The molecule has 7 nitrogen and oxygen atoms in total. The van der Waals surface area contributed by atoms with Gasteiger partial charge in [0.1, 0.15) is 6.54 Å². The first-order valence-corrected chi connectivity index (χ1v) is 7.52. The Bertz CT molecular complexity index is 783. The number of carbonyl (C=O) groups excluding carboxylic acids is 1. The van der Waals surface area contributed by atoms with Gasteiger partial charge in [-0.05, 0) is 25.3 Å². The lowest BCUT2D eigenvalue weighted by Crippen LogP contribution is -2.27. The lowest BCUT2D eigenvalue weighted by Gasteiger charge is -2.08. The quantitative estimate of drug-likeness (QED) is 0.336. The number of nitrogens with zero attached hydrogens (tertiary/aromatic N) is 2. The van der Waals surface area contributed by atoms with Crippen molar-refractivity contribution in [2.45, 2.75) is 26.3 Å². The normalized spacial score (nSPS) is 10.4. The van der Waals surface area contributed by atoms with Crippen LogP contribution in [0.3, 0.4) is 0 Å². The van der Waals surface area contributed by atoms with Crippen LogP contribution in [0.15, 0.2) is 47.4 Å². The summed E-state index contributed by atoms with van der Waals surface area (Å²) >= 11 is 0. The summed E-state index contributed by atoms with van der Waals surface area (Å²) in [6, 6.07) is 11.0. The number of aryl methyl sites for hydroxylation is 2. The topological polar surface area (TPSA) is 91.4 Å². The third-order valence-corrected chi connectivity index (χ3v) is 3.48. The summed E-state index contributed by atoms with van der Waals surface area (Å²) in [5.41, 5.74) is 0.686. The van der Waals surface area contributed by atoms with Crippen molar-refractivity contribution in [2.75, 3.05) is 6.61 Å². The van der Waals surface area contributed by atoms with E-state index < -0.39 is 16.5 Å². The van der Waals surface area contributed by atoms with Crippen LogP contribution in [0.4, 0.5) is 5.69 Å². The van der Waals surface area contributed by atoms with E-state index in [-0.39, 0.29) is 24.4 Å². The van der Waals surface area contributed by atoms with Crippen molar-refractivity contribution in [3.05, 3.63) is 74.2 Å². The molecule has 0 saturated heterocycles. The zero-order valence-electron chi connectivity index (χ0n) is 13.3. The first kappa shape index (κ1) is 17.4. The molecular weight excluding hydrogens is 312 g/mol. The fourth-order valence-electron chi connectivity index (χ4n) is 2.27. The largest absolute Gasteiger partial charge is 0.464 e. The van der Waals surface area contributed by atoms with Crippen LogP contribution in [-0.4, -0.2) is 22.1 Å². The number of benzene rings is 1. The number of ether oxygens (including phenoxy) is 1. The van der Waals surface area contributed by atoms with Gasteiger partial charge in [-0.25, -0.2) is 0 Å². The van der Waals surface area contributed by atoms with Gasteiger partial charge in [0.25, 0.3) is 11.2 Å². The summed E-state index contributed by atoms with van der Waals surface area (Å²) in [6.07, 6.45) is 2.50. The second-order valence-electron chi connectivity index (χ2n) is 5.38. The molecule has 0 bridgehead atoms. The number of hydrogen-bond donors (Lipinski definition) is 0. The predicted octanol–water partition coefficient (Wildman–Crippen LogP) is 2.24. The Morgan fingerprint density at radius 1 is 1.29 bits per heavy atom. The van der Waals surface area contributed by atoms with Gasteiger partial charge in [0.15, 0.2) is 0 Å². The number of hydrogen-bond acceptors (Lipinski definition) is 5. The minimum Gasteiger partial charge on any atom is -0.464 e. The van der Waals surface area contributed by atoms with Gasteiger partial charge >= 0.3 is 5.97 Å². The Labute approximate surface area is 138 Å². The Morgan fingerprint density at radius 3 is 2.67 bits per heavy atom. The highest BCUT2D eigenvalue weighted by atomic mass is 16.6. The third kappa shape index (κ3) is 4.77. The lowest BCUT2D eigenvalue weighted by molar-refractivity contribution is -0.385. The van der Waals surface area contributed by atoms with Crippen molar-refractivity contribution in [3.8, 4) is 0 Å². The molecular formula is C17H18N2O5. The average Bonchev–Trinajstić information content (AvgIpc) is 2.56. The van der Waals surface area contributed by atoms with E-state index in [1.54, 1.807) is 0 Å². The van der Waals surface area contributed by atoms with Crippen molar-refractivity contribution >= 4 is 11.7 Å². The molecule has 0 unspecified atom stereocenters. The van der Waals surface area contributed by atoms with Crippen LogP contribution in [0.2, 0.25) is 0 Å². The van der Waals surface area contributed by atoms with Gasteiger partial charge in [-0.3, -0.25) is 24.3 Å². The number of esters is 1.